The van der Waals surface area contributed by atoms with Gasteiger partial charge in [-0.05, 0) is 25.0 Å². The molecule has 0 bridgehead atoms. The Morgan fingerprint density at radius 2 is 2.07 bits per heavy atom. The maximum atomic E-state index is 5.51. The predicted molar refractivity (Wildman–Crippen MR) is 68.0 cm³/mol. The number of anilines is 1. The molecular formula is C11H17N3S. The highest BCUT2D eigenvalue weighted by Crippen LogP contribution is 2.10. The van der Waals surface area contributed by atoms with Gasteiger partial charge in [0, 0.05) is 6.04 Å². The quantitative estimate of drug-likeness (QED) is 0.768. The van der Waals surface area contributed by atoms with E-state index in [1.165, 1.54) is 0 Å². The summed E-state index contributed by atoms with van der Waals surface area (Å²) in [6.45, 7) is 6.45. The Balaban J connectivity index is 2.78. The summed E-state index contributed by atoms with van der Waals surface area (Å²) in [5, 5.41) is 3.31. The van der Waals surface area contributed by atoms with Crippen molar-refractivity contribution in [3.05, 3.63) is 23.9 Å². The normalized spacial score (nSPS) is 12.5. The van der Waals surface area contributed by atoms with Crippen molar-refractivity contribution >= 4 is 23.0 Å². The first kappa shape index (κ1) is 11.9. The lowest BCUT2D eigenvalue weighted by atomic mass is 10.1. The molecule has 1 aromatic heterocycles. The minimum atomic E-state index is 0.329. The maximum Gasteiger partial charge on any atom is 0.126 e. The van der Waals surface area contributed by atoms with Gasteiger partial charge in [-0.2, -0.15) is 0 Å². The first-order valence-electron chi connectivity index (χ1n) is 5.04. The number of hydrogen-bond donors (Lipinski definition) is 2. The van der Waals surface area contributed by atoms with E-state index < -0.39 is 0 Å². The van der Waals surface area contributed by atoms with Gasteiger partial charge in [0.05, 0.1) is 5.69 Å². The third-order valence-corrected chi connectivity index (χ3v) is 2.59. The van der Waals surface area contributed by atoms with Crippen molar-refractivity contribution in [3.63, 3.8) is 0 Å². The van der Waals surface area contributed by atoms with Crippen LogP contribution in [0.1, 0.15) is 26.5 Å². The third kappa shape index (κ3) is 3.47. The maximum absolute atomic E-state index is 5.51. The molecule has 0 aliphatic rings. The molecule has 1 aromatic rings. The van der Waals surface area contributed by atoms with Crippen LogP contribution in [0, 0.1) is 5.92 Å². The largest absolute Gasteiger partial charge is 0.388 e. The summed E-state index contributed by atoms with van der Waals surface area (Å²) < 4.78 is 0. The SMILES string of the molecule is CC(C)C(C)Nc1cccc(C(N)=S)n1. The van der Waals surface area contributed by atoms with Crippen LogP contribution >= 0.6 is 12.2 Å². The van der Waals surface area contributed by atoms with Crippen LogP contribution in [0.15, 0.2) is 18.2 Å². The number of rotatable bonds is 4. The zero-order valence-corrected chi connectivity index (χ0v) is 10.1. The van der Waals surface area contributed by atoms with Crippen LogP contribution in [0.4, 0.5) is 5.82 Å². The first-order valence-corrected chi connectivity index (χ1v) is 5.45. The molecule has 1 rings (SSSR count). The van der Waals surface area contributed by atoms with Gasteiger partial charge >= 0.3 is 0 Å². The number of hydrogen-bond acceptors (Lipinski definition) is 3. The highest BCUT2D eigenvalue weighted by atomic mass is 32.1. The Hall–Kier alpha value is -1.16. The van der Waals surface area contributed by atoms with Crippen LogP contribution < -0.4 is 11.1 Å². The Labute approximate surface area is 96.1 Å². The van der Waals surface area contributed by atoms with Crippen molar-refractivity contribution in [1.82, 2.24) is 4.98 Å². The highest BCUT2D eigenvalue weighted by molar-refractivity contribution is 7.80. The van der Waals surface area contributed by atoms with E-state index in [-0.39, 0.29) is 0 Å². The minimum Gasteiger partial charge on any atom is -0.388 e. The van der Waals surface area contributed by atoms with Gasteiger partial charge < -0.3 is 11.1 Å². The molecule has 0 amide bonds. The van der Waals surface area contributed by atoms with E-state index in [0.717, 1.165) is 5.82 Å². The van der Waals surface area contributed by atoms with Crippen molar-refractivity contribution in [3.8, 4) is 0 Å². The second-order valence-electron chi connectivity index (χ2n) is 3.95. The van der Waals surface area contributed by atoms with Gasteiger partial charge in [-0.3, -0.25) is 0 Å². The third-order valence-electron chi connectivity index (χ3n) is 2.38. The molecule has 3 nitrogen and oxygen atoms in total. The lowest BCUT2D eigenvalue weighted by molar-refractivity contribution is 0.558. The smallest absolute Gasteiger partial charge is 0.126 e. The molecule has 0 fully saturated rings. The summed E-state index contributed by atoms with van der Waals surface area (Å²) in [6.07, 6.45) is 0. The van der Waals surface area contributed by atoms with Crippen LogP contribution in [0.5, 0.6) is 0 Å². The number of aromatic nitrogens is 1. The van der Waals surface area contributed by atoms with Gasteiger partial charge in [-0.1, -0.05) is 32.1 Å². The van der Waals surface area contributed by atoms with Crippen LogP contribution in [0.3, 0.4) is 0 Å². The van der Waals surface area contributed by atoms with Crippen molar-refractivity contribution in [2.45, 2.75) is 26.8 Å². The number of thiocarbonyl (C=S) groups is 1. The van der Waals surface area contributed by atoms with E-state index in [1.54, 1.807) is 0 Å². The van der Waals surface area contributed by atoms with Crippen molar-refractivity contribution in [1.29, 1.82) is 0 Å². The molecule has 4 heteroatoms. The topological polar surface area (TPSA) is 50.9 Å². The molecule has 82 valence electrons. The molecule has 0 saturated carbocycles. The van der Waals surface area contributed by atoms with Crippen molar-refractivity contribution in [2.75, 3.05) is 5.32 Å². The van der Waals surface area contributed by atoms with Gasteiger partial charge in [0.2, 0.25) is 0 Å². The molecule has 15 heavy (non-hydrogen) atoms. The van der Waals surface area contributed by atoms with Gasteiger partial charge in [0.15, 0.2) is 0 Å². The van der Waals surface area contributed by atoms with Crippen molar-refractivity contribution < 1.29 is 0 Å². The van der Waals surface area contributed by atoms with E-state index in [2.05, 4.69) is 31.1 Å². The Morgan fingerprint density at radius 1 is 1.40 bits per heavy atom. The van der Waals surface area contributed by atoms with Crippen LogP contribution in [0.2, 0.25) is 0 Å². The molecule has 0 aliphatic carbocycles. The second kappa shape index (κ2) is 5.07. The fourth-order valence-electron chi connectivity index (χ4n) is 1.05. The molecule has 1 atom stereocenters. The fourth-order valence-corrected chi connectivity index (χ4v) is 1.17. The standard InChI is InChI=1S/C11H17N3S/c1-7(2)8(3)13-10-6-4-5-9(14-10)11(12)15/h4-8H,1-3H3,(H2,12,15)(H,13,14). The molecule has 0 spiro atoms. The molecule has 0 saturated heterocycles. The average Bonchev–Trinajstić information content (AvgIpc) is 2.18. The monoisotopic (exact) mass is 223 g/mol. The van der Waals surface area contributed by atoms with Crippen LogP contribution in [-0.4, -0.2) is 16.0 Å². The predicted octanol–water partition coefficient (Wildman–Crippen LogP) is 2.17. The Morgan fingerprint density at radius 3 is 2.60 bits per heavy atom. The molecule has 3 N–H and O–H groups in total. The van der Waals surface area contributed by atoms with Crippen LogP contribution in [0.25, 0.3) is 0 Å². The highest BCUT2D eigenvalue weighted by Gasteiger charge is 2.07. The van der Waals surface area contributed by atoms with Gasteiger partial charge in [-0.15, -0.1) is 0 Å². The Kier molecular flexibility index (Phi) is 4.03. The average molecular weight is 223 g/mol. The number of nitrogens with one attached hydrogen (secondary N) is 1. The van der Waals surface area contributed by atoms with E-state index in [4.69, 9.17) is 18.0 Å². The van der Waals surface area contributed by atoms with E-state index >= 15 is 0 Å². The second-order valence-corrected chi connectivity index (χ2v) is 4.39. The van der Waals surface area contributed by atoms with Gasteiger partial charge in [-0.25, -0.2) is 4.98 Å². The number of nitrogens with zero attached hydrogens (tertiary/aromatic N) is 1. The van der Waals surface area contributed by atoms with E-state index in [1.807, 2.05) is 18.2 Å². The molecule has 0 radical (unpaired) electrons. The van der Waals surface area contributed by atoms with Gasteiger partial charge in [0.25, 0.3) is 0 Å². The van der Waals surface area contributed by atoms with Crippen LogP contribution in [-0.2, 0) is 0 Å². The summed E-state index contributed by atoms with van der Waals surface area (Å²) in [6, 6.07) is 6.00. The zero-order chi connectivity index (χ0) is 11.4. The fraction of sp³-hybridized carbons (Fsp3) is 0.455. The van der Waals surface area contributed by atoms with Crippen molar-refractivity contribution in [2.24, 2.45) is 11.7 Å². The summed E-state index contributed by atoms with van der Waals surface area (Å²) in [5.41, 5.74) is 6.17. The number of nitrogens with two attached hydrogens (primary N) is 1. The lowest BCUT2D eigenvalue weighted by Crippen LogP contribution is -2.22. The van der Waals surface area contributed by atoms with Gasteiger partial charge in [0.1, 0.15) is 10.8 Å². The summed E-state index contributed by atoms with van der Waals surface area (Å²) in [5.74, 6) is 1.38. The zero-order valence-electron chi connectivity index (χ0n) is 9.32. The Bertz CT molecular complexity index is 349. The summed E-state index contributed by atoms with van der Waals surface area (Å²) in [7, 11) is 0. The minimum absolute atomic E-state index is 0.329. The molecule has 0 aliphatic heterocycles. The summed E-state index contributed by atoms with van der Waals surface area (Å²) in [4.78, 5) is 4.65. The summed E-state index contributed by atoms with van der Waals surface area (Å²) >= 11 is 4.87. The first-order chi connectivity index (χ1) is 7.00. The number of pyridine rings is 1. The lowest BCUT2D eigenvalue weighted by Gasteiger charge is -2.18. The van der Waals surface area contributed by atoms with E-state index in [0.29, 0.717) is 22.6 Å². The molecule has 0 aromatic carbocycles. The molecular weight excluding hydrogens is 206 g/mol. The van der Waals surface area contributed by atoms with E-state index in [9.17, 15) is 0 Å². The molecule has 1 unspecified atom stereocenters. The molecule has 1 heterocycles.